The van der Waals surface area contributed by atoms with Crippen molar-refractivity contribution in [1.29, 1.82) is 0 Å². The number of nitrogens with zero attached hydrogens (tertiary/aromatic N) is 1. The van der Waals surface area contributed by atoms with Crippen LogP contribution in [0.3, 0.4) is 0 Å². The molecule has 1 unspecified atom stereocenters. The van der Waals surface area contributed by atoms with Crippen LogP contribution in [0.5, 0.6) is 0 Å². The van der Waals surface area contributed by atoms with Gasteiger partial charge in [-0.25, -0.2) is 4.98 Å². The van der Waals surface area contributed by atoms with E-state index in [1.165, 1.54) is 34.7 Å². The second kappa shape index (κ2) is 6.29. The van der Waals surface area contributed by atoms with Gasteiger partial charge in [-0.15, -0.1) is 11.3 Å². The molecular weight excluding hydrogens is 276 g/mol. The van der Waals surface area contributed by atoms with Crippen molar-refractivity contribution in [2.24, 2.45) is 0 Å². The fourth-order valence-corrected chi connectivity index (χ4v) is 3.71. The van der Waals surface area contributed by atoms with Crippen LogP contribution in [-0.2, 0) is 0 Å². The molecule has 0 bridgehead atoms. The van der Waals surface area contributed by atoms with E-state index in [9.17, 15) is 0 Å². The maximum absolute atomic E-state index is 4.83. The Labute approximate surface area is 131 Å². The molecule has 1 aliphatic carbocycles. The lowest BCUT2D eigenvalue weighted by atomic mass is 10.0. The highest BCUT2D eigenvalue weighted by Gasteiger charge is 2.24. The molecule has 3 rings (SSSR count). The van der Waals surface area contributed by atoms with Crippen molar-refractivity contribution in [1.82, 2.24) is 10.3 Å². The van der Waals surface area contributed by atoms with Crippen molar-refractivity contribution >= 4 is 11.3 Å². The van der Waals surface area contributed by atoms with E-state index >= 15 is 0 Å². The van der Waals surface area contributed by atoms with E-state index in [-0.39, 0.29) is 6.04 Å². The molecule has 0 spiro atoms. The zero-order valence-corrected chi connectivity index (χ0v) is 13.9. The second-order valence-corrected chi connectivity index (χ2v) is 7.09. The quantitative estimate of drug-likeness (QED) is 0.825. The second-order valence-electron chi connectivity index (χ2n) is 6.20. The topological polar surface area (TPSA) is 24.9 Å². The van der Waals surface area contributed by atoms with E-state index in [1.807, 2.05) is 0 Å². The molecule has 0 saturated heterocycles. The number of hydrogen-bond acceptors (Lipinski definition) is 3. The average molecular weight is 300 g/mol. The molecule has 1 aromatic carbocycles. The largest absolute Gasteiger partial charge is 0.305 e. The highest BCUT2D eigenvalue weighted by molar-refractivity contribution is 7.09. The molecule has 1 N–H and O–H groups in total. The van der Waals surface area contributed by atoms with E-state index in [0.717, 1.165) is 12.5 Å². The number of rotatable bonds is 6. The third kappa shape index (κ3) is 3.35. The van der Waals surface area contributed by atoms with Gasteiger partial charge in [0, 0.05) is 5.38 Å². The summed E-state index contributed by atoms with van der Waals surface area (Å²) in [5, 5.41) is 6.96. The van der Waals surface area contributed by atoms with Gasteiger partial charge in [-0.1, -0.05) is 45.0 Å². The highest BCUT2D eigenvalue weighted by atomic mass is 32.1. The smallest absolute Gasteiger partial charge is 0.114 e. The van der Waals surface area contributed by atoms with Crippen molar-refractivity contribution in [3.63, 3.8) is 0 Å². The van der Waals surface area contributed by atoms with Crippen LogP contribution >= 0.6 is 11.3 Å². The van der Waals surface area contributed by atoms with Crippen molar-refractivity contribution < 1.29 is 0 Å². The summed E-state index contributed by atoms with van der Waals surface area (Å²) in [5.74, 6) is 1.32. The maximum Gasteiger partial charge on any atom is 0.114 e. The molecule has 112 valence electrons. The van der Waals surface area contributed by atoms with E-state index in [2.05, 4.69) is 55.7 Å². The molecule has 1 heterocycles. The SMILES string of the molecule is CCNC(c1ccc(C2CC2)cc1)c1nc(C(C)C)cs1. The molecule has 1 atom stereocenters. The summed E-state index contributed by atoms with van der Waals surface area (Å²) >= 11 is 1.77. The summed E-state index contributed by atoms with van der Waals surface area (Å²) in [6.07, 6.45) is 2.72. The first-order valence-electron chi connectivity index (χ1n) is 7.97. The van der Waals surface area contributed by atoms with Gasteiger partial charge in [-0.3, -0.25) is 0 Å². The molecule has 2 aromatic rings. The molecule has 1 aliphatic rings. The van der Waals surface area contributed by atoms with Crippen LogP contribution in [0.1, 0.15) is 73.3 Å². The van der Waals surface area contributed by atoms with Gasteiger partial charge in [0.1, 0.15) is 5.01 Å². The highest BCUT2D eigenvalue weighted by Crippen LogP contribution is 2.40. The molecular formula is C18H24N2S. The number of nitrogens with one attached hydrogen (secondary N) is 1. The molecule has 0 radical (unpaired) electrons. The van der Waals surface area contributed by atoms with Crippen molar-refractivity contribution in [2.45, 2.75) is 51.5 Å². The summed E-state index contributed by atoms with van der Waals surface area (Å²) in [6.45, 7) is 7.51. The van der Waals surface area contributed by atoms with Gasteiger partial charge in [0.2, 0.25) is 0 Å². The first-order valence-corrected chi connectivity index (χ1v) is 8.85. The Hall–Kier alpha value is -1.19. The summed E-state index contributed by atoms with van der Waals surface area (Å²) in [5.41, 5.74) is 4.02. The maximum atomic E-state index is 4.83. The van der Waals surface area contributed by atoms with Gasteiger partial charge in [0.05, 0.1) is 11.7 Å². The normalized spacial score (nSPS) is 16.4. The third-order valence-electron chi connectivity index (χ3n) is 4.10. The van der Waals surface area contributed by atoms with E-state index < -0.39 is 0 Å². The zero-order chi connectivity index (χ0) is 14.8. The van der Waals surface area contributed by atoms with Crippen molar-refractivity contribution in [2.75, 3.05) is 6.54 Å². The Morgan fingerprint density at radius 2 is 1.95 bits per heavy atom. The summed E-state index contributed by atoms with van der Waals surface area (Å²) in [7, 11) is 0. The van der Waals surface area contributed by atoms with Crippen molar-refractivity contribution in [3.05, 3.63) is 51.5 Å². The number of benzene rings is 1. The minimum absolute atomic E-state index is 0.223. The van der Waals surface area contributed by atoms with E-state index in [1.54, 1.807) is 11.3 Å². The fraction of sp³-hybridized carbons (Fsp3) is 0.500. The Morgan fingerprint density at radius 3 is 2.48 bits per heavy atom. The average Bonchev–Trinajstić information content (AvgIpc) is 3.22. The minimum Gasteiger partial charge on any atom is -0.305 e. The Morgan fingerprint density at radius 1 is 1.24 bits per heavy atom. The summed E-state index contributed by atoms with van der Waals surface area (Å²) in [6, 6.07) is 9.37. The van der Waals surface area contributed by atoms with Gasteiger partial charge in [-0.05, 0) is 42.3 Å². The zero-order valence-electron chi connectivity index (χ0n) is 13.1. The van der Waals surface area contributed by atoms with Gasteiger partial charge in [0.15, 0.2) is 0 Å². The lowest BCUT2D eigenvalue weighted by molar-refractivity contribution is 0.623. The lowest BCUT2D eigenvalue weighted by Gasteiger charge is -2.16. The van der Waals surface area contributed by atoms with Gasteiger partial charge in [0.25, 0.3) is 0 Å². The Balaban J connectivity index is 1.85. The van der Waals surface area contributed by atoms with Crippen LogP contribution in [0.4, 0.5) is 0 Å². The number of hydrogen-bond donors (Lipinski definition) is 1. The molecule has 1 saturated carbocycles. The van der Waals surface area contributed by atoms with Crippen LogP contribution in [0.2, 0.25) is 0 Å². The monoisotopic (exact) mass is 300 g/mol. The number of thiazole rings is 1. The Bertz CT molecular complexity index is 582. The molecule has 1 fully saturated rings. The number of aromatic nitrogens is 1. The van der Waals surface area contributed by atoms with Crippen LogP contribution in [-0.4, -0.2) is 11.5 Å². The van der Waals surface area contributed by atoms with Gasteiger partial charge in [-0.2, -0.15) is 0 Å². The molecule has 0 amide bonds. The van der Waals surface area contributed by atoms with Crippen LogP contribution in [0, 0.1) is 0 Å². The van der Waals surface area contributed by atoms with Crippen LogP contribution < -0.4 is 5.32 Å². The van der Waals surface area contributed by atoms with Gasteiger partial charge < -0.3 is 5.32 Å². The molecule has 3 heteroatoms. The predicted molar refractivity (Wildman–Crippen MR) is 90.1 cm³/mol. The predicted octanol–water partition coefficient (Wildman–Crippen LogP) is 4.84. The van der Waals surface area contributed by atoms with Crippen molar-refractivity contribution in [3.8, 4) is 0 Å². The lowest BCUT2D eigenvalue weighted by Crippen LogP contribution is -2.22. The van der Waals surface area contributed by atoms with Gasteiger partial charge >= 0.3 is 0 Å². The molecule has 2 nitrogen and oxygen atoms in total. The minimum atomic E-state index is 0.223. The Kier molecular flexibility index (Phi) is 4.41. The summed E-state index contributed by atoms with van der Waals surface area (Å²) < 4.78 is 0. The van der Waals surface area contributed by atoms with Crippen LogP contribution in [0.15, 0.2) is 29.6 Å². The molecule has 21 heavy (non-hydrogen) atoms. The fourth-order valence-electron chi connectivity index (χ4n) is 2.63. The van der Waals surface area contributed by atoms with E-state index in [0.29, 0.717) is 5.92 Å². The first kappa shape index (κ1) is 14.7. The molecule has 0 aliphatic heterocycles. The first-order chi connectivity index (χ1) is 10.2. The molecule has 1 aromatic heterocycles. The van der Waals surface area contributed by atoms with E-state index in [4.69, 9.17) is 4.98 Å². The summed E-state index contributed by atoms with van der Waals surface area (Å²) in [4.78, 5) is 4.83. The van der Waals surface area contributed by atoms with Crippen LogP contribution in [0.25, 0.3) is 0 Å². The standard InChI is InChI=1S/C18H24N2S/c1-4-19-17(18-20-16(11-21-18)12(2)3)15-9-7-14(8-10-15)13-5-6-13/h7-13,17,19H,4-6H2,1-3H3. The third-order valence-corrected chi connectivity index (χ3v) is 5.03.